The van der Waals surface area contributed by atoms with Crippen LogP contribution in [0.2, 0.25) is 0 Å². The molecule has 0 spiro atoms. The average molecular weight is 698 g/mol. The van der Waals surface area contributed by atoms with Gasteiger partial charge in [0.2, 0.25) is 11.8 Å². The van der Waals surface area contributed by atoms with Crippen molar-refractivity contribution in [3.8, 4) is 11.1 Å². The predicted octanol–water partition coefficient (Wildman–Crippen LogP) is 2.01. The normalized spacial score (nSPS) is 21.8. The average Bonchev–Trinajstić information content (AvgIpc) is 3.37. The number of nitrogens with one attached hydrogen (secondary N) is 3. The molecule has 2 aromatic rings. The number of fused-ring (bicyclic) bond motifs is 3. The van der Waals surface area contributed by atoms with Crippen LogP contribution in [0.4, 0.5) is 4.79 Å². The van der Waals surface area contributed by atoms with E-state index in [1.54, 1.807) is 0 Å². The van der Waals surface area contributed by atoms with Crippen molar-refractivity contribution in [2.75, 3.05) is 13.2 Å². The topological polar surface area (TPSA) is 225 Å². The van der Waals surface area contributed by atoms with Gasteiger partial charge in [0.1, 0.15) is 43.4 Å². The first kappa shape index (κ1) is 37.2. The molecule has 1 saturated heterocycles. The Bertz CT molecular complexity index is 1600. The molecule has 16 heteroatoms. The van der Waals surface area contributed by atoms with E-state index in [9.17, 15) is 39.0 Å². The third-order valence-electron chi connectivity index (χ3n) is 7.94. The Balaban J connectivity index is 1.49. The monoisotopic (exact) mass is 697 g/mol. The largest absolute Gasteiger partial charge is 0.512 e. The fraction of sp³-hybridized carbons (Fsp3) is 0.412. The lowest BCUT2D eigenvalue weighted by atomic mass is 9.94. The van der Waals surface area contributed by atoms with E-state index in [1.807, 2.05) is 48.5 Å². The van der Waals surface area contributed by atoms with Crippen LogP contribution in [0, 0.1) is 0 Å². The smallest absolute Gasteiger partial charge is 0.407 e. The minimum absolute atomic E-state index is 0.0693. The number of amides is 3. The van der Waals surface area contributed by atoms with Gasteiger partial charge in [-0.3, -0.25) is 24.0 Å². The van der Waals surface area contributed by atoms with Crippen molar-refractivity contribution in [1.82, 2.24) is 16.0 Å². The standard InChI is InChI=1S/C34H39N3O13/c1-17(39)35-30-31(48-19(3)41)28(16-46-18(2)40)50-33(32(30)49-20(4)42)37-29(44)13-26(27(43)14-38)36-34(45)47-15-25-23-11-7-5-9-21(23)22-10-6-8-12-24(22)25/h5-12,14,25-26,28,30-33,38,43H,13,15-16H2,1-4H3,(H,35,39)(H,36,45)(H,37,44)/b27-14-. The van der Waals surface area contributed by atoms with Gasteiger partial charge in [0, 0.05) is 33.6 Å². The van der Waals surface area contributed by atoms with Gasteiger partial charge in [-0.1, -0.05) is 48.5 Å². The second kappa shape index (κ2) is 16.6. The number of aliphatic hydroxyl groups excluding tert-OH is 2. The lowest BCUT2D eigenvalue weighted by molar-refractivity contribution is -0.226. The first-order chi connectivity index (χ1) is 23.8. The van der Waals surface area contributed by atoms with Crippen molar-refractivity contribution in [3.05, 3.63) is 71.7 Å². The summed E-state index contributed by atoms with van der Waals surface area (Å²) in [6.45, 7) is 3.88. The van der Waals surface area contributed by atoms with Crippen LogP contribution in [0.1, 0.15) is 51.2 Å². The van der Waals surface area contributed by atoms with E-state index in [4.69, 9.17) is 23.7 Å². The van der Waals surface area contributed by atoms with Crippen molar-refractivity contribution < 1.29 is 62.7 Å². The van der Waals surface area contributed by atoms with Crippen LogP contribution >= 0.6 is 0 Å². The zero-order valence-electron chi connectivity index (χ0n) is 27.7. The number of alkyl carbamates (subject to hydrolysis) is 1. The molecule has 1 heterocycles. The summed E-state index contributed by atoms with van der Waals surface area (Å²) in [5.74, 6) is -4.92. The summed E-state index contributed by atoms with van der Waals surface area (Å²) in [7, 11) is 0. The van der Waals surface area contributed by atoms with E-state index in [0.29, 0.717) is 6.26 Å². The highest BCUT2D eigenvalue weighted by atomic mass is 16.6. The van der Waals surface area contributed by atoms with Crippen molar-refractivity contribution in [2.45, 2.75) is 76.7 Å². The Morgan fingerprint density at radius 1 is 0.800 bits per heavy atom. The maximum atomic E-state index is 13.4. The molecular formula is C34H39N3O13. The summed E-state index contributed by atoms with van der Waals surface area (Å²) in [5, 5.41) is 27.3. The first-order valence-electron chi connectivity index (χ1n) is 15.6. The van der Waals surface area contributed by atoms with E-state index in [0.717, 1.165) is 49.9 Å². The van der Waals surface area contributed by atoms with E-state index in [2.05, 4.69) is 16.0 Å². The zero-order chi connectivity index (χ0) is 36.5. The molecule has 6 unspecified atom stereocenters. The molecule has 2 aliphatic rings. The first-order valence-corrected chi connectivity index (χ1v) is 15.6. The highest BCUT2D eigenvalue weighted by molar-refractivity contribution is 5.80. The second-order valence-corrected chi connectivity index (χ2v) is 11.6. The van der Waals surface area contributed by atoms with Gasteiger partial charge >= 0.3 is 24.0 Å². The molecule has 0 aromatic heterocycles. The van der Waals surface area contributed by atoms with Crippen LogP contribution in [-0.2, 0) is 47.7 Å². The van der Waals surface area contributed by atoms with E-state index in [1.165, 1.54) is 0 Å². The molecule has 50 heavy (non-hydrogen) atoms. The van der Waals surface area contributed by atoms with Crippen LogP contribution in [-0.4, -0.2) is 95.9 Å². The molecule has 268 valence electrons. The minimum atomic E-state index is -1.54. The number of ether oxygens (including phenoxy) is 5. The Morgan fingerprint density at radius 3 is 1.92 bits per heavy atom. The van der Waals surface area contributed by atoms with Gasteiger partial charge in [-0.25, -0.2) is 4.79 Å². The molecular weight excluding hydrogens is 658 g/mol. The maximum absolute atomic E-state index is 13.4. The maximum Gasteiger partial charge on any atom is 0.407 e. The Labute approximate surface area is 287 Å². The summed E-state index contributed by atoms with van der Waals surface area (Å²) in [6, 6.07) is 12.6. The SMILES string of the molecule is CC(=O)NC1C(OC(C)=O)C(COC(C)=O)OC(NC(=O)CC(NC(=O)OCC2c3ccccc3-c3ccccc32)/C(O)=C/O)C1OC(C)=O. The molecule has 4 rings (SSSR count). The van der Waals surface area contributed by atoms with Gasteiger partial charge < -0.3 is 49.8 Å². The molecule has 3 amide bonds. The highest BCUT2D eigenvalue weighted by Gasteiger charge is 2.51. The molecule has 6 atom stereocenters. The van der Waals surface area contributed by atoms with Crippen molar-refractivity contribution in [3.63, 3.8) is 0 Å². The molecule has 5 N–H and O–H groups in total. The van der Waals surface area contributed by atoms with Gasteiger partial charge in [0.25, 0.3) is 0 Å². The van der Waals surface area contributed by atoms with Crippen molar-refractivity contribution in [2.24, 2.45) is 0 Å². The summed E-state index contributed by atoms with van der Waals surface area (Å²) in [4.78, 5) is 74.2. The summed E-state index contributed by atoms with van der Waals surface area (Å²) < 4.78 is 27.2. The number of aliphatic hydroxyl groups is 2. The second-order valence-electron chi connectivity index (χ2n) is 11.6. The number of hydrogen-bond acceptors (Lipinski definition) is 13. The van der Waals surface area contributed by atoms with E-state index < -0.39 is 91.2 Å². The Kier molecular flexibility index (Phi) is 12.4. The number of rotatable bonds is 12. The molecule has 16 nitrogen and oxygen atoms in total. The number of carbonyl (C=O) groups is 6. The molecule has 1 aliphatic heterocycles. The van der Waals surface area contributed by atoms with Gasteiger partial charge in [-0.15, -0.1) is 0 Å². The van der Waals surface area contributed by atoms with Gasteiger partial charge in [-0.05, 0) is 22.3 Å². The van der Waals surface area contributed by atoms with Crippen LogP contribution in [0.15, 0.2) is 60.6 Å². The third-order valence-corrected chi connectivity index (χ3v) is 7.94. The minimum Gasteiger partial charge on any atom is -0.512 e. The van der Waals surface area contributed by atoms with Crippen LogP contribution in [0.25, 0.3) is 11.1 Å². The summed E-state index contributed by atoms with van der Waals surface area (Å²) in [5.41, 5.74) is 3.95. The fourth-order valence-electron chi connectivity index (χ4n) is 5.97. The number of hydrogen-bond donors (Lipinski definition) is 5. The van der Waals surface area contributed by atoms with Crippen LogP contribution < -0.4 is 16.0 Å². The van der Waals surface area contributed by atoms with Gasteiger partial charge in [-0.2, -0.15) is 0 Å². The lowest BCUT2D eigenvalue weighted by Gasteiger charge is -2.45. The van der Waals surface area contributed by atoms with Crippen LogP contribution in [0.5, 0.6) is 0 Å². The molecule has 1 aliphatic carbocycles. The van der Waals surface area contributed by atoms with Crippen LogP contribution in [0.3, 0.4) is 0 Å². The third kappa shape index (κ3) is 9.28. The highest BCUT2D eigenvalue weighted by Crippen LogP contribution is 2.44. The number of carbonyl (C=O) groups excluding carboxylic acids is 6. The number of benzene rings is 2. The molecule has 0 saturated carbocycles. The van der Waals surface area contributed by atoms with E-state index >= 15 is 0 Å². The molecule has 2 aromatic carbocycles. The lowest BCUT2D eigenvalue weighted by Crippen LogP contribution is -2.69. The molecule has 0 radical (unpaired) electrons. The summed E-state index contributed by atoms with van der Waals surface area (Å²) >= 11 is 0. The molecule has 1 fully saturated rings. The van der Waals surface area contributed by atoms with E-state index in [-0.39, 0.29) is 12.5 Å². The number of esters is 3. The quantitative estimate of drug-likeness (QED) is 0.122. The zero-order valence-corrected chi connectivity index (χ0v) is 27.7. The Hall–Kier alpha value is -5.64. The Morgan fingerprint density at radius 2 is 1.38 bits per heavy atom. The molecule has 0 bridgehead atoms. The van der Waals surface area contributed by atoms with Crippen molar-refractivity contribution >= 4 is 35.8 Å². The summed E-state index contributed by atoms with van der Waals surface area (Å²) in [6.07, 6.45) is -7.01. The fourth-order valence-corrected chi connectivity index (χ4v) is 5.97. The predicted molar refractivity (Wildman–Crippen MR) is 172 cm³/mol. The van der Waals surface area contributed by atoms with Gasteiger partial charge in [0.05, 0.1) is 6.42 Å². The van der Waals surface area contributed by atoms with Gasteiger partial charge in [0.15, 0.2) is 18.4 Å². The van der Waals surface area contributed by atoms with Crippen molar-refractivity contribution in [1.29, 1.82) is 0 Å².